The van der Waals surface area contributed by atoms with E-state index in [-0.39, 0.29) is 30.1 Å². The van der Waals surface area contributed by atoms with Gasteiger partial charge in [-0.3, -0.25) is 14.5 Å². The molecule has 1 aliphatic rings. The molecule has 0 radical (unpaired) electrons. The van der Waals surface area contributed by atoms with E-state index in [2.05, 4.69) is 0 Å². The standard InChI is InChI=1S/C16H15NO4S/c18-12(8-17-15(19)10-22-16(17)20)9-21-14-7-3-5-11-4-1-2-6-13(11)14/h1-7,12,18H,8-10H2. The first-order chi connectivity index (χ1) is 10.6. The van der Waals surface area contributed by atoms with Crippen LogP contribution in [-0.2, 0) is 4.79 Å². The summed E-state index contributed by atoms with van der Waals surface area (Å²) in [6, 6.07) is 13.5. The van der Waals surface area contributed by atoms with E-state index in [4.69, 9.17) is 4.74 Å². The van der Waals surface area contributed by atoms with Gasteiger partial charge in [0.05, 0.1) is 12.3 Å². The third-order valence-electron chi connectivity index (χ3n) is 3.41. The highest BCUT2D eigenvalue weighted by atomic mass is 32.2. The molecule has 0 bridgehead atoms. The monoisotopic (exact) mass is 317 g/mol. The molecule has 114 valence electrons. The van der Waals surface area contributed by atoms with Crippen LogP contribution in [0.25, 0.3) is 10.8 Å². The normalized spacial score (nSPS) is 16.3. The molecule has 0 aromatic heterocycles. The van der Waals surface area contributed by atoms with E-state index in [1.807, 2.05) is 42.5 Å². The van der Waals surface area contributed by atoms with Gasteiger partial charge in [0.15, 0.2) is 0 Å². The zero-order chi connectivity index (χ0) is 15.5. The van der Waals surface area contributed by atoms with Crippen LogP contribution in [0, 0.1) is 0 Å². The van der Waals surface area contributed by atoms with Gasteiger partial charge in [-0.2, -0.15) is 0 Å². The number of hydrogen-bond donors (Lipinski definition) is 1. The molecule has 1 atom stereocenters. The number of aliphatic hydroxyl groups is 1. The minimum absolute atomic E-state index is 0.0235. The number of aliphatic hydroxyl groups excluding tert-OH is 1. The lowest BCUT2D eigenvalue weighted by atomic mass is 10.1. The summed E-state index contributed by atoms with van der Waals surface area (Å²) >= 11 is 0.957. The van der Waals surface area contributed by atoms with E-state index < -0.39 is 6.10 Å². The van der Waals surface area contributed by atoms with Gasteiger partial charge in [-0.25, -0.2) is 0 Å². The summed E-state index contributed by atoms with van der Waals surface area (Å²) in [4.78, 5) is 24.1. The number of nitrogens with zero attached hydrogens (tertiary/aromatic N) is 1. The number of rotatable bonds is 5. The zero-order valence-corrected chi connectivity index (χ0v) is 12.6. The van der Waals surface area contributed by atoms with Crippen LogP contribution >= 0.6 is 11.8 Å². The maximum atomic E-state index is 11.5. The van der Waals surface area contributed by atoms with Crippen molar-refractivity contribution in [3.63, 3.8) is 0 Å². The van der Waals surface area contributed by atoms with Crippen LogP contribution in [0.1, 0.15) is 0 Å². The van der Waals surface area contributed by atoms with Crippen LogP contribution in [0.4, 0.5) is 4.79 Å². The fourth-order valence-corrected chi connectivity index (χ4v) is 3.06. The van der Waals surface area contributed by atoms with Crippen LogP contribution in [0.15, 0.2) is 42.5 Å². The average Bonchev–Trinajstić information content (AvgIpc) is 2.85. The van der Waals surface area contributed by atoms with Crippen molar-refractivity contribution in [2.75, 3.05) is 18.9 Å². The summed E-state index contributed by atoms with van der Waals surface area (Å²) in [6.45, 7) is -0.00876. The summed E-state index contributed by atoms with van der Waals surface area (Å²) in [5.74, 6) is 0.556. The highest BCUT2D eigenvalue weighted by Gasteiger charge is 2.31. The number of amides is 2. The number of carbonyl (C=O) groups is 2. The largest absolute Gasteiger partial charge is 0.490 e. The quantitative estimate of drug-likeness (QED) is 0.916. The molecule has 1 aliphatic heterocycles. The number of imide groups is 1. The van der Waals surface area contributed by atoms with E-state index in [0.29, 0.717) is 5.75 Å². The Hall–Kier alpha value is -2.05. The van der Waals surface area contributed by atoms with Gasteiger partial charge in [0, 0.05) is 5.39 Å². The van der Waals surface area contributed by atoms with Gasteiger partial charge in [0.1, 0.15) is 18.5 Å². The number of β-amino-alcohol motifs (C(OH)–C–C–N with tert-alkyl or cyclic N) is 1. The number of hydrogen-bond acceptors (Lipinski definition) is 5. The van der Waals surface area contributed by atoms with Crippen molar-refractivity contribution < 1.29 is 19.4 Å². The number of carbonyl (C=O) groups excluding carboxylic acids is 2. The molecule has 3 rings (SSSR count). The second kappa shape index (κ2) is 6.37. The second-order valence-electron chi connectivity index (χ2n) is 5.00. The van der Waals surface area contributed by atoms with Crippen LogP contribution < -0.4 is 4.74 Å². The third kappa shape index (κ3) is 3.08. The fraction of sp³-hybridized carbons (Fsp3) is 0.250. The number of benzene rings is 2. The highest BCUT2D eigenvalue weighted by molar-refractivity contribution is 8.14. The summed E-state index contributed by atoms with van der Waals surface area (Å²) in [5, 5.41) is 11.7. The number of ether oxygens (including phenoxy) is 1. The highest BCUT2D eigenvalue weighted by Crippen LogP contribution is 2.25. The Kier molecular flexibility index (Phi) is 4.31. The minimum Gasteiger partial charge on any atom is -0.490 e. The Morgan fingerprint density at radius 2 is 1.95 bits per heavy atom. The van der Waals surface area contributed by atoms with Crippen molar-refractivity contribution in [2.24, 2.45) is 0 Å². The summed E-state index contributed by atoms with van der Waals surface area (Å²) in [6.07, 6.45) is -0.912. The molecule has 1 heterocycles. The van der Waals surface area contributed by atoms with Gasteiger partial charge in [-0.05, 0) is 11.5 Å². The minimum atomic E-state index is -0.912. The maximum absolute atomic E-state index is 11.5. The van der Waals surface area contributed by atoms with Crippen molar-refractivity contribution in [2.45, 2.75) is 6.10 Å². The van der Waals surface area contributed by atoms with Crippen molar-refractivity contribution in [3.05, 3.63) is 42.5 Å². The van der Waals surface area contributed by atoms with E-state index in [1.54, 1.807) is 0 Å². The molecule has 0 saturated carbocycles. The molecule has 2 aromatic rings. The Morgan fingerprint density at radius 3 is 2.73 bits per heavy atom. The van der Waals surface area contributed by atoms with E-state index >= 15 is 0 Å². The first-order valence-electron chi connectivity index (χ1n) is 6.91. The molecule has 1 fully saturated rings. The van der Waals surface area contributed by atoms with Gasteiger partial charge >= 0.3 is 0 Å². The molecule has 5 nitrogen and oxygen atoms in total. The lowest BCUT2D eigenvalue weighted by Crippen LogP contribution is -2.38. The molecule has 2 aromatic carbocycles. The zero-order valence-electron chi connectivity index (χ0n) is 11.8. The topological polar surface area (TPSA) is 66.8 Å². The van der Waals surface area contributed by atoms with Gasteiger partial charge in [0.2, 0.25) is 5.91 Å². The summed E-state index contributed by atoms with van der Waals surface area (Å²) in [5.41, 5.74) is 0. The lowest BCUT2D eigenvalue weighted by Gasteiger charge is -2.18. The Bertz CT molecular complexity index is 697. The molecule has 1 unspecified atom stereocenters. The van der Waals surface area contributed by atoms with Crippen LogP contribution in [0.3, 0.4) is 0 Å². The maximum Gasteiger partial charge on any atom is 0.288 e. The Balaban J connectivity index is 1.64. The number of fused-ring (bicyclic) bond motifs is 1. The Morgan fingerprint density at radius 1 is 1.18 bits per heavy atom. The second-order valence-corrected chi connectivity index (χ2v) is 5.93. The smallest absolute Gasteiger partial charge is 0.288 e. The van der Waals surface area contributed by atoms with Crippen LogP contribution in [0.2, 0.25) is 0 Å². The molecular formula is C16H15NO4S. The first-order valence-corrected chi connectivity index (χ1v) is 7.89. The fourth-order valence-electron chi connectivity index (χ4n) is 2.33. The average molecular weight is 317 g/mol. The summed E-state index contributed by atoms with van der Waals surface area (Å²) < 4.78 is 5.66. The van der Waals surface area contributed by atoms with Gasteiger partial charge < -0.3 is 9.84 Å². The van der Waals surface area contributed by atoms with Gasteiger partial charge in [-0.15, -0.1) is 0 Å². The van der Waals surface area contributed by atoms with Crippen LogP contribution in [-0.4, -0.2) is 46.2 Å². The van der Waals surface area contributed by atoms with E-state index in [1.165, 1.54) is 0 Å². The van der Waals surface area contributed by atoms with Crippen molar-refractivity contribution in [3.8, 4) is 5.75 Å². The molecule has 1 saturated heterocycles. The molecule has 22 heavy (non-hydrogen) atoms. The summed E-state index contributed by atoms with van der Waals surface area (Å²) in [7, 11) is 0. The first kappa shape index (κ1) is 14.9. The van der Waals surface area contributed by atoms with E-state index in [9.17, 15) is 14.7 Å². The predicted molar refractivity (Wildman–Crippen MR) is 85.0 cm³/mol. The van der Waals surface area contributed by atoms with E-state index in [0.717, 1.165) is 27.4 Å². The van der Waals surface area contributed by atoms with Crippen molar-refractivity contribution >= 4 is 33.7 Å². The molecule has 6 heteroatoms. The Labute approximate surface area is 131 Å². The molecule has 0 aliphatic carbocycles. The molecule has 1 N–H and O–H groups in total. The SMILES string of the molecule is O=C1CSC(=O)N1CC(O)COc1cccc2ccccc12. The van der Waals surface area contributed by atoms with Gasteiger partial charge in [-0.1, -0.05) is 48.2 Å². The molecule has 2 amide bonds. The van der Waals surface area contributed by atoms with Gasteiger partial charge in [0.25, 0.3) is 5.24 Å². The lowest BCUT2D eigenvalue weighted by molar-refractivity contribution is -0.125. The predicted octanol–water partition coefficient (Wildman–Crippen LogP) is 2.27. The van der Waals surface area contributed by atoms with Crippen molar-refractivity contribution in [1.29, 1.82) is 0 Å². The van der Waals surface area contributed by atoms with Crippen molar-refractivity contribution in [1.82, 2.24) is 4.90 Å². The van der Waals surface area contributed by atoms with Crippen LogP contribution in [0.5, 0.6) is 5.75 Å². The molecular weight excluding hydrogens is 302 g/mol. The molecule has 0 spiro atoms. The number of thioether (sulfide) groups is 1. The third-order valence-corrected chi connectivity index (χ3v) is 4.27.